The summed E-state index contributed by atoms with van der Waals surface area (Å²) in [6.07, 6.45) is 7.65. The van der Waals surface area contributed by atoms with Gasteiger partial charge >= 0.3 is 0 Å². The first-order valence-corrected chi connectivity index (χ1v) is 7.96. The number of nitrogens with zero attached hydrogens (tertiary/aromatic N) is 1. The minimum Gasteiger partial charge on any atom is -0.472 e. The van der Waals surface area contributed by atoms with Crippen molar-refractivity contribution in [3.05, 3.63) is 24.2 Å². The molecule has 0 saturated heterocycles. The van der Waals surface area contributed by atoms with Gasteiger partial charge in [0.15, 0.2) is 0 Å². The molecule has 2 atom stereocenters. The van der Waals surface area contributed by atoms with Crippen LogP contribution in [0.4, 0.5) is 0 Å². The van der Waals surface area contributed by atoms with Gasteiger partial charge in [-0.1, -0.05) is 27.2 Å². The van der Waals surface area contributed by atoms with E-state index in [1.165, 1.54) is 24.8 Å². The predicted molar refractivity (Wildman–Crippen MR) is 83.6 cm³/mol. The van der Waals surface area contributed by atoms with Crippen LogP contribution in [0, 0.1) is 11.3 Å². The molecule has 0 spiro atoms. The highest BCUT2D eigenvalue weighted by Gasteiger charge is 2.38. The number of rotatable bonds is 6. The van der Waals surface area contributed by atoms with Crippen molar-refractivity contribution in [1.29, 1.82) is 0 Å². The molecule has 1 aromatic rings. The summed E-state index contributed by atoms with van der Waals surface area (Å²) in [5.74, 6) is 0.746. The summed E-state index contributed by atoms with van der Waals surface area (Å²) in [6.45, 7) is 10.3. The van der Waals surface area contributed by atoms with E-state index >= 15 is 0 Å². The lowest BCUT2D eigenvalue weighted by molar-refractivity contribution is 0.0848. The monoisotopic (exact) mass is 278 g/mol. The zero-order valence-electron chi connectivity index (χ0n) is 13.5. The summed E-state index contributed by atoms with van der Waals surface area (Å²) in [6, 6.07) is 2.69. The summed E-state index contributed by atoms with van der Waals surface area (Å²) < 4.78 is 5.16. The first kappa shape index (κ1) is 15.6. The van der Waals surface area contributed by atoms with Gasteiger partial charge in [-0.15, -0.1) is 0 Å². The quantitative estimate of drug-likeness (QED) is 0.863. The summed E-state index contributed by atoms with van der Waals surface area (Å²) in [7, 11) is 2.22. The van der Waals surface area contributed by atoms with Crippen LogP contribution in [-0.4, -0.2) is 31.1 Å². The molecular formula is C17H30N2O. The summed E-state index contributed by atoms with van der Waals surface area (Å²) in [4.78, 5) is 2.43. The molecule has 1 fully saturated rings. The number of hydrogen-bond acceptors (Lipinski definition) is 3. The molecular weight excluding hydrogens is 248 g/mol. The van der Waals surface area contributed by atoms with Crippen molar-refractivity contribution in [2.24, 2.45) is 11.3 Å². The van der Waals surface area contributed by atoms with Crippen molar-refractivity contribution in [1.82, 2.24) is 10.2 Å². The van der Waals surface area contributed by atoms with E-state index in [4.69, 9.17) is 4.42 Å². The highest BCUT2D eigenvalue weighted by molar-refractivity contribution is 5.05. The molecule has 0 aliphatic heterocycles. The Morgan fingerprint density at radius 2 is 2.25 bits per heavy atom. The Balaban J connectivity index is 1.95. The van der Waals surface area contributed by atoms with Crippen LogP contribution in [0.3, 0.4) is 0 Å². The maximum Gasteiger partial charge on any atom is 0.0947 e. The Hall–Kier alpha value is -0.800. The van der Waals surface area contributed by atoms with Gasteiger partial charge in [-0.05, 0) is 43.8 Å². The number of nitrogens with one attached hydrogen (secondary N) is 1. The first-order chi connectivity index (χ1) is 9.53. The fraction of sp³-hybridized carbons (Fsp3) is 0.765. The summed E-state index contributed by atoms with van der Waals surface area (Å²) in [5.41, 5.74) is 1.68. The van der Waals surface area contributed by atoms with E-state index in [-0.39, 0.29) is 0 Å². The van der Waals surface area contributed by atoms with Gasteiger partial charge in [-0.3, -0.25) is 0 Å². The van der Waals surface area contributed by atoms with E-state index in [1.807, 2.05) is 6.26 Å². The van der Waals surface area contributed by atoms with Gasteiger partial charge in [0, 0.05) is 24.7 Å². The highest BCUT2D eigenvalue weighted by Crippen LogP contribution is 2.39. The molecule has 3 nitrogen and oxygen atoms in total. The van der Waals surface area contributed by atoms with Gasteiger partial charge in [-0.2, -0.15) is 0 Å². The van der Waals surface area contributed by atoms with Crippen molar-refractivity contribution in [2.45, 2.75) is 52.6 Å². The fourth-order valence-electron chi connectivity index (χ4n) is 3.80. The molecule has 1 saturated carbocycles. The zero-order valence-corrected chi connectivity index (χ0v) is 13.5. The summed E-state index contributed by atoms with van der Waals surface area (Å²) >= 11 is 0. The Morgan fingerprint density at radius 3 is 2.90 bits per heavy atom. The second kappa shape index (κ2) is 6.77. The van der Waals surface area contributed by atoms with Crippen LogP contribution in [0.5, 0.6) is 0 Å². The van der Waals surface area contributed by atoms with Gasteiger partial charge in [0.05, 0.1) is 12.5 Å². The van der Waals surface area contributed by atoms with Gasteiger partial charge in [0.25, 0.3) is 0 Å². The molecule has 1 aliphatic rings. The standard InChI is InChI=1S/C17H30N2O/c1-5-18-16-15(7-6-9-17(16,2)3)12-19(4)11-14-8-10-20-13-14/h8,10,13,15-16,18H,5-7,9,11-12H2,1-4H3. The van der Waals surface area contributed by atoms with Crippen LogP contribution >= 0.6 is 0 Å². The molecule has 0 bridgehead atoms. The van der Waals surface area contributed by atoms with E-state index in [2.05, 4.69) is 44.1 Å². The lowest BCUT2D eigenvalue weighted by Gasteiger charge is -2.45. The van der Waals surface area contributed by atoms with E-state index < -0.39 is 0 Å². The van der Waals surface area contributed by atoms with Gasteiger partial charge < -0.3 is 14.6 Å². The minimum absolute atomic E-state index is 0.412. The van der Waals surface area contributed by atoms with Crippen LogP contribution in [0.1, 0.15) is 45.6 Å². The van der Waals surface area contributed by atoms with E-state index in [9.17, 15) is 0 Å². The van der Waals surface area contributed by atoms with Crippen LogP contribution < -0.4 is 5.32 Å². The smallest absolute Gasteiger partial charge is 0.0947 e. The molecule has 1 aliphatic carbocycles. The van der Waals surface area contributed by atoms with Gasteiger partial charge in [0.2, 0.25) is 0 Å². The lowest BCUT2D eigenvalue weighted by atomic mass is 9.67. The Kier molecular flexibility index (Phi) is 5.28. The second-order valence-corrected chi connectivity index (χ2v) is 7.00. The lowest BCUT2D eigenvalue weighted by Crippen LogP contribution is -2.52. The average molecular weight is 278 g/mol. The molecule has 114 valence electrons. The number of hydrogen-bond donors (Lipinski definition) is 1. The Morgan fingerprint density at radius 1 is 1.45 bits per heavy atom. The molecule has 1 aromatic heterocycles. The van der Waals surface area contributed by atoms with E-state index in [0.717, 1.165) is 25.6 Å². The summed E-state index contributed by atoms with van der Waals surface area (Å²) in [5, 5.41) is 3.74. The minimum atomic E-state index is 0.412. The first-order valence-electron chi connectivity index (χ1n) is 7.96. The van der Waals surface area contributed by atoms with Crippen LogP contribution in [0.2, 0.25) is 0 Å². The third-order valence-corrected chi connectivity index (χ3v) is 4.71. The molecule has 0 amide bonds. The SMILES string of the molecule is CCNC1C(CN(C)Cc2ccoc2)CCCC1(C)C. The van der Waals surface area contributed by atoms with Gasteiger partial charge in [0.1, 0.15) is 0 Å². The van der Waals surface area contributed by atoms with Crippen LogP contribution in [0.15, 0.2) is 23.0 Å². The molecule has 0 aromatic carbocycles. The fourth-order valence-corrected chi connectivity index (χ4v) is 3.80. The van der Waals surface area contributed by atoms with Crippen LogP contribution in [-0.2, 0) is 6.54 Å². The molecule has 0 radical (unpaired) electrons. The molecule has 2 unspecified atom stereocenters. The van der Waals surface area contributed by atoms with Crippen LogP contribution in [0.25, 0.3) is 0 Å². The molecule has 2 rings (SSSR count). The second-order valence-electron chi connectivity index (χ2n) is 7.00. The average Bonchev–Trinajstić information content (AvgIpc) is 2.86. The van der Waals surface area contributed by atoms with E-state index in [0.29, 0.717) is 11.5 Å². The Bertz CT molecular complexity index is 386. The van der Waals surface area contributed by atoms with Crippen molar-refractivity contribution < 1.29 is 4.42 Å². The van der Waals surface area contributed by atoms with Crippen molar-refractivity contribution in [3.8, 4) is 0 Å². The zero-order chi connectivity index (χ0) is 14.6. The highest BCUT2D eigenvalue weighted by atomic mass is 16.3. The third kappa shape index (κ3) is 3.86. The largest absolute Gasteiger partial charge is 0.472 e. The molecule has 1 heterocycles. The Labute approximate surface area is 123 Å². The predicted octanol–water partition coefficient (Wildman–Crippen LogP) is 3.52. The van der Waals surface area contributed by atoms with Crippen molar-refractivity contribution in [2.75, 3.05) is 20.1 Å². The van der Waals surface area contributed by atoms with Crippen molar-refractivity contribution >= 4 is 0 Å². The number of furan rings is 1. The molecule has 3 heteroatoms. The maximum atomic E-state index is 5.16. The molecule has 20 heavy (non-hydrogen) atoms. The normalized spacial score (nSPS) is 26.1. The topological polar surface area (TPSA) is 28.4 Å². The molecule has 1 N–H and O–H groups in total. The van der Waals surface area contributed by atoms with Crippen molar-refractivity contribution in [3.63, 3.8) is 0 Å². The van der Waals surface area contributed by atoms with Gasteiger partial charge in [-0.25, -0.2) is 0 Å². The third-order valence-electron chi connectivity index (χ3n) is 4.71. The maximum absolute atomic E-state index is 5.16. The van der Waals surface area contributed by atoms with E-state index in [1.54, 1.807) is 6.26 Å².